The number of thiophene rings is 1. The van der Waals surface area contributed by atoms with E-state index in [2.05, 4.69) is 16.7 Å². The van der Waals surface area contributed by atoms with E-state index in [1.54, 1.807) is 11.3 Å². The summed E-state index contributed by atoms with van der Waals surface area (Å²) in [7, 11) is 0. The molecule has 2 rings (SSSR count). The molecule has 1 aromatic heterocycles. The van der Waals surface area contributed by atoms with Crippen molar-refractivity contribution in [2.24, 2.45) is 0 Å². The van der Waals surface area contributed by atoms with Crippen LogP contribution in [0.1, 0.15) is 29.7 Å². The van der Waals surface area contributed by atoms with E-state index in [1.807, 2.05) is 11.4 Å². The molecule has 1 amide bonds. The predicted octanol–water partition coefficient (Wildman–Crippen LogP) is 1.38. The molecule has 17 heavy (non-hydrogen) atoms. The van der Waals surface area contributed by atoms with E-state index >= 15 is 0 Å². The van der Waals surface area contributed by atoms with Gasteiger partial charge in [0.2, 0.25) is 5.91 Å². The molecule has 0 saturated carbocycles. The van der Waals surface area contributed by atoms with Crippen molar-refractivity contribution in [1.82, 2.24) is 10.6 Å². The highest BCUT2D eigenvalue weighted by Gasteiger charge is 2.19. The summed E-state index contributed by atoms with van der Waals surface area (Å²) in [6, 6.07) is 3.88. The van der Waals surface area contributed by atoms with Gasteiger partial charge >= 0.3 is 0 Å². The van der Waals surface area contributed by atoms with E-state index in [0.29, 0.717) is 12.1 Å². The lowest BCUT2D eigenvalue weighted by Crippen LogP contribution is -2.42. The third-order valence-corrected chi connectivity index (χ3v) is 3.78. The third kappa shape index (κ3) is 3.29. The van der Waals surface area contributed by atoms with Crippen molar-refractivity contribution in [3.8, 4) is 6.07 Å². The van der Waals surface area contributed by atoms with E-state index in [0.717, 1.165) is 30.7 Å². The zero-order valence-corrected chi connectivity index (χ0v) is 10.3. The molecule has 1 aliphatic heterocycles. The Labute approximate surface area is 105 Å². The van der Waals surface area contributed by atoms with Crippen molar-refractivity contribution in [2.45, 2.75) is 31.8 Å². The number of carbonyl (C=O) groups excluding carboxylic acids is 1. The molecule has 0 aliphatic carbocycles. The first kappa shape index (κ1) is 12.1. The second-order valence-electron chi connectivity index (χ2n) is 4.13. The van der Waals surface area contributed by atoms with Crippen LogP contribution in [0, 0.1) is 11.3 Å². The van der Waals surface area contributed by atoms with E-state index in [1.165, 1.54) is 0 Å². The van der Waals surface area contributed by atoms with Crippen molar-refractivity contribution in [3.05, 3.63) is 21.9 Å². The first-order valence-electron chi connectivity index (χ1n) is 5.78. The Kier molecular flexibility index (Phi) is 4.13. The molecule has 0 radical (unpaired) electrons. The highest BCUT2D eigenvalue weighted by atomic mass is 32.1. The molecule has 1 unspecified atom stereocenters. The maximum Gasteiger partial charge on any atom is 0.237 e. The fraction of sp³-hybridized carbons (Fsp3) is 0.500. The Morgan fingerprint density at radius 1 is 1.59 bits per heavy atom. The maximum atomic E-state index is 11.7. The Morgan fingerprint density at radius 2 is 2.47 bits per heavy atom. The lowest BCUT2D eigenvalue weighted by atomic mass is 10.1. The van der Waals surface area contributed by atoms with Gasteiger partial charge in [-0.2, -0.15) is 5.26 Å². The number of carbonyl (C=O) groups is 1. The minimum Gasteiger partial charge on any atom is -0.355 e. The fourth-order valence-corrected chi connectivity index (χ4v) is 2.65. The van der Waals surface area contributed by atoms with Gasteiger partial charge in [-0.3, -0.25) is 4.79 Å². The molecule has 4 nitrogen and oxygen atoms in total. The molecule has 2 N–H and O–H groups in total. The third-order valence-electron chi connectivity index (χ3n) is 2.84. The number of amides is 1. The molecule has 5 heteroatoms. The zero-order valence-electron chi connectivity index (χ0n) is 9.53. The highest BCUT2D eigenvalue weighted by Crippen LogP contribution is 2.14. The van der Waals surface area contributed by atoms with Crippen molar-refractivity contribution < 1.29 is 4.79 Å². The van der Waals surface area contributed by atoms with Crippen LogP contribution in [0.2, 0.25) is 0 Å². The Hall–Kier alpha value is -1.38. The number of rotatable bonds is 3. The second-order valence-corrected chi connectivity index (χ2v) is 5.13. The molecule has 1 saturated heterocycles. The summed E-state index contributed by atoms with van der Waals surface area (Å²) >= 11 is 1.55. The van der Waals surface area contributed by atoms with Crippen LogP contribution in [0.15, 0.2) is 11.4 Å². The second kappa shape index (κ2) is 5.80. The number of nitriles is 1. The Bertz CT molecular complexity index is 435. The number of nitrogens with zero attached hydrogens (tertiary/aromatic N) is 1. The van der Waals surface area contributed by atoms with Gasteiger partial charge in [0.05, 0.1) is 11.6 Å². The minimum atomic E-state index is -0.0925. The van der Waals surface area contributed by atoms with Crippen LogP contribution in [0.4, 0.5) is 0 Å². The molecule has 0 bridgehead atoms. The first-order valence-corrected chi connectivity index (χ1v) is 6.66. The zero-order chi connectivity index (χ0) is 12.1. The van der Waals surface area contributed by atoms with E-state index < -0.39 is 0 Å². The molecule has 2 heterocycles. The average Bonchev–Trinajstić information content (AvgIpc) is 2.70. The van der Waals surface area contributed by atoms with Crippen molar-refractivity contribution in [2.75, 3.05) is 6.54 Å². The molecule has 1 aromatic rings. The molecular weight excluding hydrogens is 234 g/mol. The smallest absolute Gasteiger partial charge is 0.237 e. The summed E-state index contributed by atoms with van der Waals surface area (Å²) in [4.78, 5) is 12.8. The Balaban J connectivity index is 1.88. The molecule has 1 atom stereocenters. The lowest BCUT2D eigenvalue weighted by molar-refractivity contribution is -0.122. The van der Waals surface area contributed by atoms with Gasteiger partial charge < -0.3 is 10.6 Å². The van der Waals surface area contributed by atoms with Gasteiger partial charge in [0, 0.05) is 23.3 Å². The summed E-state index contributed by atoms with van der Waals surface area (Å²) in [5.41, 5.74) is 0.692. The van der Waals surface area contributed by atoms with Crippen LogP contribution >= 0.6 is 11.3 Å². The first-order chi connectivity index (χ1) is 8.29. The summed E-state index contributed by atoms with van der Waals surface area (Å²) in [6.45, 7) is 1.44. The normalized spacial score (nSPS) is 20.4. The number of nitrogens with one attached hydrogen (secondary N) is 2. The average molecular weight is 249 g/mol. The molecular formula is C12H15N3OS. The molecule has 1 aliphatic rings. The van der Waals surface area contributed by atoms with Crippen LogP contribution < -0.4 is 10.6 Å². The van der Waals surface area contributed by atoms with Gasteiger partial charge in [0.1, 0.15) is 6.07 Å². The van der Waals surface area contributed by atoms with Crippen LogP contribution in [0.5, 0.6) is 0 Å². The van der Waals surface area contributed by atoms with Crippen LogP contribution in [0.25, 0.3) is 0 Å². The SMILES string of the molecule is N#Cc1csc(CNC2CCCCNC2=O)c1. The maximum absolute atomic E-state index is 11.7. The molecule has 0 spiro atoms. The van der Waals surface area contributed by atoms with E-state index in [9.17, 15) is 4.79 Å². The van der Waals surface area contributed by atoms with Gasteiger partial charge in [-0.15, -0.1) is 11.3 Å². The van der Waals surface area contributed by atoms with E-state index in [4.69, 9.17) is 5.26 Å². The summed E-state index contributed by atoms with van der Waals surface area (Å²) < 4.78 is 0. The lowest BCUT2D eigenvalue weighted by Gasteiger charge is -2.14. The minimum absolute atomic E-state index is 0.0925. The molecule has 90 valence electrons. The van der Waals surface area contributed by atoms with Gasteiger partial charge in [-0.25, -0.2) is 0 Å². The predicted molar refractivity (Wildman–Crippen MR) is 66.5 cm³/mol. The van der Waals surface area contributed by atoms with Gasteiger partial charge in [-0.05, 0) is 25.3 Å². The Morgan fingerprint density at radius 3 is 3.24 bits per heavy atom. The summed E-state index contributed by atoms with van der Waals surface area (Å²) in [5.74, 6) is 0.0968. The quantitative estimate of drug-likeness (QED) is 0.850. The highest BCUT2D eigenvalue weighted by molar-refractivity contribution is 7.10. The van der Waals surface area contributed by atoms with Crippen molar-refractivity contribution >= 4 is 17.2 Å². The number of hydrogen-bond acceptors (Lipinski definition) is 4. The summed E-state index contributed by atoms with van der Waals surface area (Å²) in [5, 5.41) is 16.7. The van der Waals surface area contributed by atoms with Crippen LogP contribution in [-0.2, 0) is 11.3 Å². The number of hydrogen-bond donors (Lipinski definition) is 2. The fourth-order valence-electron chi connectivity index (χ4n) is 1.89. The van der Waals surface area contributed by atoms with Gasteiger partial charge in [0.25, 0.3) is 0 Å². The van der Waals surface area contributed by atoms with Crippen LogP contribution in [-0.4, -0.2) is 18.5 Å². The topological polar surface area (TPSA) is 64.9 Å². The van der Waals surface area contributed by atoms with Crippen molar-refractivity contribution in [3.63, 3.8) is 0 Å². The molecule has 0 aromatic carbocycles. The van der Waals surface area contributed by atoms with Crippen LogP contribution in [0.3, 0.4) is 0 Å². The molecule has 1 fully saturated rings. The van der Waals surface area contributed by atoms with Gasteiger partial charge in [-0.1, -0.05) is 0 Å². The monoisotopic (exact) mass is 249 g/mol. The summed E-state index contributed by atoms with van der Waals surface area (Å²) in [6.07, 6.45) is 3.02. The van der Waals surface area contributed by atoms with Gasteiger partial charge in [0.15, 0.2) is 0 Å². The largest absolute Gasteiger partial charge is 0.355 e. The van der Waals surface area contributed by atoms with E-state index in [-0.39, 0.29) is 11.9 Å². The van der Waals surface area contributed by atoms with Crippen molar-refractivity contribution in [1.29, 1.82) is 5.26 Å². The standard InChI is InChI=1S/C12H15N3OS/c13-6-9-5-10(17-8-9)7-15-11-3-1-2-4-14-12(11)16/h5,8,11,15H,1-4,7H2,(H,14,16).